The first kappa shape index (κ1) is 13.3. The van der Waals surface area contributed by atoms with E-state index in [0.717, 1.165) is 41.5 Å². The number of ether oxygens (including phenoxy) is 1. The Morgan fingerprint density at radius 2 is 2.15 bits per heavy atom. The van der Waals surface area contributed by atoms with Crippen molar-refractivity contribution in [2.75, 3.05) is 25.5 Å². The van der Waals surface area contributed by atoms with Gasteiger partial charge in [-0.2, -0.15) is 9.61 Å². The maximum absolute atomic E-state index is 5.50. The predicted molar refractivity (Wildman–Crippen MR) is 78.3 cm³/mol. The molecule has 0 bridgehead atoms. The Balaban J connectivity index is 2.00. The summed E-state index contributed by atoms with van der Waals surface area (Å²) in [4.78, 5) is 4.58. The molecule has 6 nitrogen and oxygen atoms in total. The standard InChI is InChI=1S/C14H21N5O/c1-8-5-13(17-11-6-15-7-12(11)20-4)19-14(16-8)9(2)10(3)18-19/h5,11-12,15,17H,6-7H2,1-4H3/t11-,12-/m0/s1. The quantitative estimate of drug-likeness (QED) is 0.877. The van der Waals surface area contributed by atoms with Crippen molar-refractivity contribution in [2.45, 2.75) is 32.9 Å². The Bertz CT molecular complexity index is 636. The van der Waals surface area contributed by atoms with Gasteiger partial charge in [-0.3, -0.25) is 0 Å². The van der Waals surface area contributed by atoms with Crippen molar-refractivity contribution >= 4 is 11.5 Å². The van der Waals surface area contributed by atoms with Gasteiger partial charge < -0.3 is 15.4 Å². The molecule has 0 amide bonds. The highest BCUT2D eigenvalue weighted by Gasteiger charge is 2.27. The molecule has 0 aliphatic carbocycles. The van der Waals surface area contributed by atoms with Gasteiger partial charge in [0.25, 0.3) is 0 Å². The summed E-state index contributed by atoms with van der Waals surface area (Å²) in [5, 5.41) is 11.5. The van der Waals surface area contributed by atoms with Crippen LogP contribution in [0.5, 0.6) is 0 Å². The van der Waals surface area contributed by atoms with Crippen LogP contribution in [0.3, 0.4) is 0 Å². The summed E-state index contributed by atoms with van der Waals surface area (Å²) in [5.41, 5.74) is 4.05. The summed E-state index contributed by atoms with van der Waals surface area (Å²) < 4.78 is 7.39. The van der Waals surface area contributed by atoms with E-state index in [0.29, 0.717) is 0 Å². The lowest BCUT2D eigenvalue weighted by Gasteiger charge is -2.20. The summed E-state index contributed by atoms with van der Waals surface area (Å²) in [6.07, 6.45) is 0.177. The highest BCUT2D eigenvalue weighted by Crippen LogP contribution is 2.20. The van der Waals surface area contributed by atoms with E-state index in [1.54, 1.807) is 7.11 Å². The summed E-state index contributed by atoms with van der Waals surface area (Å²) in [5.74, 6) is 0.972. The lowest BCUT2D eigenvalue weighted by atomic mass is 10.2. The van der Waals surface area contributed by atoms with Crippen molar-refractivity contribution in [3.63, 3.8) is 0 Å². The molecule has 0 spiro atoms. The maximum atomic E-state index is 5.50. The fourth-order valence-electron chi connectivity index (χ4n) is 2.69. The van der Waals surface area contributed by atoms with E-state index in [2.05, 4.69) is 27.6 Å². The molecule has 1 aliphatic rings. The Kier molecular flexibility index (Phi) is 3.35. The largest absolute Gasteiger partial charge is 0.378 e. The van der Waals surface area contributed by atoms with Crippen molar-refractivity contribution in [3.8, 4) is 0 Å². The molecule has 2 aromatic rings. The fraction of sp³-hybridized carbons (Fsp3) is 0.571. The second kappa shape index (κ2) is 5.03. The molecule has 2 aromatic heterocycles. The lowest BCUT2D eigenvalue weighted by molar-refractivity contribution is 0.111. The van der Waals surface area contributed by atoms with E-state index < -0.39 is 0 Å². The number of nitrogens with zero attached hydrogens (tertiary/aromatic N) is 3. The van der Waals surface area contributed by atoms with Gasteiger partial charge in [0.15, 0.2) is 5.65 Å². The van der Waals surface area contributed by atoms with E-state index in [1.165, 1.54) is 0 Å². The Hall–Kier alpha value is -1.66. The topological polar surface area (TPSA) is 63.5 Å². The van der Waals surface area contributed by atoms with Gasteiger partial charge in [-0.15, -0.1) is 0 Å². The van der Waals surface area contributed by atoms with E-state index >= 15 is 0 Å². The van der Waals surface area contributed by atoms with Crippen LogP contribution >= 0.6 is 0 Å². The highest BCUT2D eigenvalue weighted by molar-refractivity contribution is 5.56. The molecule has 2 atom stereocenters. The molecule has 3 rings (SSSR count). The van der Waals surface area contributed by atoms with Crippen LogP contribution in [0.15, 0.2) is 6.07 Å². The number of rotatable bonds is 3. The third-order valence-corrected chi connectivity index (χ3v) is 3.98. The van der Waals surface area contributed by atoms with Crippen LogP contribution in [0.25, 0.3) is 5.65 Å². The number of anilines is 1. The molecule has 0 aromatic carbocycles. The lowest BCUT2D eigenvalue weighted by Crippen LogP contribution is -2.34. The number of aromatic nitrogens is 3. The Morgan fingerprint density at radius 1 is 1.35 bits per heavy atom. The van der Waals surface area contributed by atoms with Crippen molar-refractivity contribution in [2.24, 2.45) is 0 Å². The maximum Gasteiger partial charge on any atom is 0.160 e. The molecule has 0 unspecified atom stereocenters. The van der Waals surface area contributed by atoms with E-state index in [-0.39, 0.29) is 12.1 Å². The minimum atomic E-state index is 0.177. The van der Waals surface area contributed by atoms with Gasteiger partial charge in [0.1, 0.15) is 5.82 Å². The molecule has 1 aliphatic heterocycles. The first-order valence-corrected chi connectivity index (χ1v) is 6.93. The Labute approximate surface area is 118 Å². The molecular formula is C14H21N5O. The van der Waals surface area contributed by atoms with Crippen LogP contribution in [-0.4, -0.2) is 46.9 Å². The fourth-order valence-corrected chi connectivity index (χ4v) is 2.69. The second-order valence-electron chi connectivity index (χ2n) is 5.41. The van der Waals surface area contributed by atoms with Crippen LogP contribution in [0, 0.1) is 20.8 Å². The molecular weight excluding hydrogens is 254 g/mol. The molecule has 2 N–H and O–H groups in total. The molecule has 0 saturated carbocycles. The number of fused-ring (bicyclic) bond motifs is 1. The zero-order chi connectivity index (χ0) is 14.3. The normalized spacial score (nSPS) is 22.6. The van der Waals surface area contributed by atoms with Crippen molar-refractivity contribution in [1.29, 1.82) is 0 Å². The molecule has 20 heavy (non-hydrogen) atoms. The number of methoxy groups -OCH3 is 1. The highest BCUT2D eigenvalue weighted by atomic mass is 16.5. The average Bonchev–Trinajstić information content (AvgIpc) is 2.97. The van der Waals surface area contributed by atoms with Gasteiger partial charge >= 0.3 is 0 Å². The number of nitrogens with one attached hydrogen (secondary N) is 2. The van der Waals surface area contributed by atoms with Gasteiger partial charge in [0.2, 0.25) is 0 Å². The molecule has 1 fully saturated rings. The summed E-state index contributed by atoms with van der Waals surface area (Å²) >= 11 is 0. The number of hydrogen-bond acceptors (Lipinski definition) is 5. The number of hydrogen-bond donors (Lipinski definition) is 2. The van der Waals surface area contributed by atoms with Crippen LogP contribution in [0.1, 0.15) is 17.0 Å². The SMILES string of the molecule is CO[C@H]1CNC[C@@H]1Nc1cc(C)nc2c(C)c(C)nn12. The summed E-state index contributed by atoms with van der Waals surface area (Å²) in [6.45, 7) is 7.84. The van der Waals surface area contributed by atoms with Gasteiger partial charge in [-0.25, -0.2) is 4.98 Å². The first-order valence-electron chi connectivity index (χ1n) is 6.93. The minimum absolute atomic E-state index is 0.177. The van der Waals surface area contributed by atoms with Crippen molar-refractivity contribution in [3.05, 3.63) is 23.0 Å². The molecule has 3 heterocycles. The summed E-state index contributed by atoms with van der Waals surface area (Å²) in [6, 6.07) is 2.28. The van der Waals surface area contributed by atoms with E-state index in [9.17, 15) is 0 Å². The van der Waals surface area contributed by atoms with Gasteiger partial charge in [0.05, 0.1) is 17.8 Å². The van der Waals surface area contributed by atoms with Gasteiger partial charge in [-0.05, 0) is 20.8 Å². The monoisotopic (exact) mass is 275 g/mol. The van der Waals surface area contributed by atoms with Crippen LogP contribution in [-0.2, 0) is 4.74 Å². The van der Waals surface area contributed by atoms with Crippen LogP contribution in [0.2, 0.25) is 0 Å². The predicted octanol–water partition coefficient (Wildman–Crippen LogP) is 1.05. The number of aryl methyl sites for hydroxylation is 3. The van der Waals surface area contributed by atoms with Crippen molar-refractivity contribution in [1.82, 2.24) is 19.9 Å². The molecule has 6 heteroatoms. The third-order valence-electron chi connectivity index (χ3n) is 3.98. The first-order chi connectivity index (χ1) is 9.60. The zero-order valence-corrected chi connectivity index (χ0v) is 12.4. The smallest absolute Gasteiger partial charge is 0.160 e. The van der Waals surface area contributed by atoms with Crippen LogP contribution < -0.4 is 10.6 Å². The van der Waals surface area contributed by atoms with Crippen LogP contribution in [0.4, 0.5) is 5.82 Å². The zero-order valence-electron chi connectivity index (χ0n) is 12.4. The average molecular weight is 275 g/mol. The Morgan fingerprint density at radius 3 is 2.90 bits per heavy atom. The molecule has 0 radical (unpaired) electrons. The summed E-state index contributed by atoms with van der Waals surface area (Å²) in [7, 11) is 1.75. The van der Waals surface area contributed by atoms with Gasteiger partial charge in [-0.1, -0.05) is 0 Å². The van der Waals surface area contributed by atoms with E-state index in [4.69, 9.17) is 4.74 Å². The minimum Gasteiger partial charge on any atom is -0.378 e. The van der Waals surface area contributed by atoms with Crippen molar-refractivity contribution < 1.29 is 4.74 Å². The van der Waals surface area contributed by atoms with Gasteiger partial charge in [0, 0.05) is 37.5 Å². The molecule has 108 valence electrons. The van der Waals surface area contributed by atoms with E-state index in [1.807, 2.05) is 24.4 Å². The third kappa shape index (κ3) is 2.14. The molecule has 1 saturated heterocycles. The second-order valence-corrected chi connectivity index (χ2v) is 5.41.